The maximum absolute atomic E-state index is 7.56. The van der Waals surface area contributed by atoms with Crippen molar-refractivity contribution in [2.24, 2.45) is 0 Å². The molecule has 0 saturated heterocycles. The molecule has 18 heavy (non-hydrogen) atoms. The predicted molar refractivity (Wildman–Crippen MR) is 80.9 cm³/mol. The van der Waals surface area contributed by atoms with Gasteiger partial charge in [0.15, 0.2) is 0 Å². The molecule has 0 amide bonds. The van der Waals surface area contributed by atoms with Gasteiger partial charge in [-0.25, -0.2) is 0 Å². The molecule has 114 valence electrons. The Kier molecular flexibility index (Phi) is 19.4. The molecule has 0 aliphatic heterocycles. The van der Waals surface area contributed by atoms with Gasteiger partial charge in [0.2, 0.25) is 0 Å². The molecule has 0 fully saturated rings. The van der Waals surface area contributed by atoms with E-state index in [-0.39, 0.29) is 0 Å². The highest BCUT2D eigenvalue weighted by Gasteiger charge is 1.92. The van der Waals surface area contributed by atoms with Crippen LogP contribution in [0.4, 0.5) is 0 Å². The van der Waals surface area contributed by atoms with Crippen molar-refractivity contribution < 1.29 is 29.4 Å². The molecule has 0 atom stereocenters. The SMILES string of the molecule is CCCCCCCC.OP(O)(O)=S.OP(O)(O)=S. The van der Waals surface area contributed by atoms with Gasteiger partial charge in [0.25, 0.3) is 0 Å². The third kappa shape index (κ3) is 120. The second-order valence-corrected chi connectivity index (χ2v) is 8.43. The van der Waals surface area contributed by atoms with E-state index in [0.29, 0.717) is 0 Å². The van der Waals surface area contributed by atoms with E-state index in [4.69, 9.17) is 29.4 Å². The summed E-state index contributed by atoms with van der Waals surface area (Å²) in [6, 6.07) is 0. The van der Waals surface area contributed by atoms with Gasteiger partial charge in [-0.2, -0.15) is 0 Å². The van der Waals surface area contributed by atoms with Crippen LogP contribution in [0.1, 0.15) is 52.4 Å². The normalized spacial score (nSPS) is 10.9. The second-order valence-electron chi connectivity index (χ2n) is 3.44. The van der Waals surface area contributed by atoms with Crippen molar-refractivity contribution in [1.29, 1.82) is 0 Å². The molecule has 0 aromatic carbocycles. The molecule has 0 spiro atoms. The first-order valence-electron chi connectivity index (χ1n) is 5.48. The van der Waals surface area contributed by atoms with E-state index < -0.39 is 13.4 Å². The summed E-state index contributed by atoms with van der Waals surface area (Å²) in [5.41, 5.74) is 0. The zero-order chi connectivity index (χ0) is 15.2. The zero-order valence-corrected chi connectivity index (χ0v) is 14.1. The van der Waals surface area contributed by atoms with E-state index in [9.17, 15) is 0 Å². The van der Waals surface area contributed by atoms with Gasteiger partial charge in [0, 0.05) is 0 Å². The summed E-state index contributed by atoms with van der Waals surface area (Å²) in [6.07, 6.45) is 8.49. The van der Waals surface area contributed by atoms with Crippen molar-refractivity contribution in [1.82, 2.24) is 0 Å². The third-order valence-electron chi connectivity index (χ3n) is 1.46. The zero-order valence-electron chi connectivity index (χ0n) is 10.6. The maximum Gasteiger partial charge on any atom is 0.319 e. The van der Waals surface area contributed by atoms with Crippen molar-refractivity contribution in [3.63, 3.8) is 0 Å². The largest absolute Gasteiger partial charge is 0.325 e. The van der Waals surface area contributed by atoms with Crippen molar-refractivity contribution in [3.05, 3.63) is 0 Å². The number of rotatable bonds is 5. The number of hydrogen-bond donors (Lipinski definition) is 6. The van der Waals surface area contributed by atoms with E-state index >= 15 is 0 Å². The Morgan fingerprint density at radius 1 is 0.611 bits per heavy atom. The second kappa shape index (κ2) is 14.5. The van der Waals surface area contributed by atoms with Crippen LogP contribution in [0.5, 0.6) is 0 Å². The number of hydrogen-bond acceptors (Lipinski definition) is 2. The summed E-state index contributed by atoms with van der Waals surface area (Å²) >= 11 is 7.21. The molecule has 0 aliphatic carbocycles. The Hall–Kier alpha value is 1.06. The maximum atomic E-state index is 7.56. The van der Waals surface area contributed by atoms with E-state index in [1.807, 2.05) is 0 Å². The Balaban J connectivity index is -0.000000197. The molecular weight excluding hydrogens is 318 g/mol. The monoisotopic (exact) mass is 342 g/mol. The molecule has 10 heteroatoms. The van der Waals surface area contributed by atoms with Crippen LogP contribution in [-0.4, -0.2) is 29.4 Å². The van der Waals surface area contributed by atoms with Crippen LogP contribution in [0.3, 0.4) is 0 Å². The fourth-order valence-corrected chi connectivity index (χ4v) is 0.854. The summed E-state index contributed by atoms with van der Waals surface area (Å²) in [5.74, 6) is 0. The molecule has 0 unspecified atom stereocenters. The molecular formula is C8H24O6P2S2. The predicted octanol–water partition coefficient (Wildman–Crippen LogP) is 1.74. The van der Waals surface area contributed by atoms with Crippen molar-refractivity contribution in [3.8, 4) is 0 Å². The Labute approximate surface area is 119 Å². The summed E-state index contributed by atoms with van der Waals surface area (Å²) in [6.45, 7) is -3.10. The smallest absolute Gasteiger partial charge is 0.319 e. The quantitative estimate of drug-likeness (QED) is 0.330. The topological polar surface area (TPSA) is 121 Å². The summed E-state index contributed by atoms with van der Waals surface area (Å²) < 4.78 is 0. The lowest BCUT2D eigenvalue weighted by atomic mass is 10.1. The first-order chi connectivity index (χ1) is 7.91. The molecule has 6 N–H and O–H groups in total. The van der Waals surface area contributed by atoms with Crippen LogP contribution >= 0.6 is 13.4 Å². The van der Waals surface area contributed by atoms with Crippen LogP contribution in [0.25, 0.3) is 0 Å². The van der Waals surface area contributed by atoms with E-state index in [1.54, 1.807) is 0 Å². The molecule has 0 aliphatic rings. The lowest BCUT2D eigenvalue weighted by Gasteiger charge is -1.93. The molecule has 0 rings (SSSR count). The standard InChI is InChI=1S/C8H18.2H3O3PS/c1-3-5-7-8-6-4-2;2*1-4(2,3)5/h3-8H2,1-2H3;2*(H3,1,2,3,5). The fourth-order valence-electron chi connectivity index (χ4n) is 0.854. The van der Waals surface area contributed by atoms with E-state index in [2.05, 4.69) is 37.5 Å². The lowest BCUT2D eigenvalue weighted by molar-refractivity contribution is 0.361. The fraction of sp³-hybridized carbons (Fsp3) is 1.00. The summed E-state index contributed by atoms with van der Waals surface area (Å²) in [5, 5.41) is 0. The highest BCUT2D eigenvalue weighted by molar-refractivity contribution is 8.06. The van der Waals surface area contributed by atoms with Crippen LogP contribution < -0.4 is 0 Å². The highest BCUT2D eigenvalue weighted by atomic mass is 32.5. The Bertz CT molecular complexity index is 209. The van der Waals surface area contributed by atoms with Gasteiger partial charge < -0.3 is 29.4 Å². The Morgan fingerprint density at radius 2 is 0.778 bits per heavy atom. The van der Waals surface area contributed by atoms with E-state index in [1.165, 1.54) is 38.5 Å². The minimum Gasteiger partial charge on any atom is -0.325 e. The van der Waals surface area contributed by atoms with Crippen LogP contribution in [0.2, 0.25) is 0 Å². The van der Waals surface area contributed by atoms with Gasteiger partial charge >= 0.3 is 13.4 Å². The van der Waals surface area contributed by atoms with Gasteiger partial charge in [-0.15, -0.1) is 0 Å². The van der Waals surface area contributed by atoms with Gasteiger partial charge in [-0.1, -0.05) is 52.4 Å². The lowest BCUT2D eigenvalue weighted by Crippen LogP contribution is -1.73. The minimum absolute atomic E-state index is 1.36. The van der Waals surface area contributed by atoms with Crippen molar-refractivity contribution in [2.75, 3.05) is 0 Å². The third-order valence-corrected chi connectivity index (χ3v) is 1.46. The molecule has 0 radical (unpaired) electrons. The van der Waals surface area contributed by atoms with E-state index in [0.717, 1.165) is 0 Å². The van der Waals surface area contributed by atoms with Gasteiger partial charge in [-0.05, 0) is 23.6 Å². The molecule has 0 aromatic heterocycles. The Morgan fingerprint density at radius 3 is 0.889 bits per heavy atom. The molecule has 0 aromatic rings. The van der Waals surface area contributed by atoms with Crippen LogP contribution in [0, 0.1) is 0 Å². The molecule has 6 nitrogen and oxygen atoms in total. The van der Waals surface area contributed by atoms with Gasteiger partial charge in [0.05, 0.1) is 0 Å². The summed E-state index contributed by atoms with van der Waals surface area (Å²) in [7, 11) is 0. The average Bonchev–Trinajstić information content (AvgIpc) is 2.07. The minimum atomic E-state index is -3.81. The summed E-state index contributed by atoms with van der Waals surface area (Å²) in [4.78, 5) is 45.3. The van der Waals surface area contributed by atoms with Crippen molar-refractivity contribution in [2.45, 2.75) is 52.4 Å². The van der Waals surface area contributed by atoms with Crippen LogP contribution in [-0.2, 0) is 23.6 Å². The molecule has 0 bridgehead atoms. The van der Waals surface area contributed by atoms with Gasteiger partial charge in [-0.3, -0.25) is 0 Å². The molecule has 0 heterocycles. The number of unbranched alkanes of at least 4 members (excludes halogenated alkanes) is 5. The first-order valence-corrected chi connectivity index (χ1v) is 10.8. The average molecular weight is 342 g/mol. The van der Waals surface area contributed by atoms with Crippen molar-refractivity contribution >= 4 is 37.1 Å². The molecule has 0 saturated carbocycles. The van der Waals surface area contributed by atoms with Gasteiger partial charge in [0.1, 0.15) is 0 Å². The first kappa shape index (κ1) is 24.1. The highest BCUT2D eigenvalue weighted by Crippen LogP contribution is 2.26. The van der Waals surface area contributed by atoms with Crippen LogP contribution in [0.15, 0.2) is 0 Å².